The topological polar surface area (TPSA) is 24.9 Å². The number of halogens is 1. The molecule has 0 aliphatic heterocycles. The number of aryl methyl sites for hydroxylation is 3. The number of hydrogen-bond donors (Lipinski definition) is 1. The van der Waals surface area contributed by atoms with Gasteiger partial charge in [-0.1, -0.05) is 17.7 Å². The molecule has 3 rings (SSSR count). The summed E-state index contributed by atoms with van der Waals surface area (Å²) in [5.74, 6) is 0. The molecular formula is C18H17ClN2. The van der Waals surface area contributed by atoms with Crippen molar-refractivity contribution in [3.8, 4) is 0 Å². The summed E-state index contributed by atoms with van der Waals surface area (Å²) in [6.07, 6.45) is 1.82. The molecule has 0 fully saturated rings. The number of benzene rings is 2. The van der Waals surface area contributed by atoms with Gasteiger partial charge in [-0.3, -0.25) is 4.98 Å². The fraction of sp³-hybridized carbons (Fsp3) is 0.167. The Kier molecular flexibility index (Phi) is 3.56. The van der Waals surface area contributed by atoms with Gasteiger partial charge in [0.2, 0.25) is 0 Å². The number of pyridine rings is 1. The van der Waals surface area contributed by atoms with Gasteiger partial charge in [-0.15, -0.1) is 0 Å². The van der Waals surface area contributed by atoms with E-state index in [1.807, 2.05) is 31.3 Å². The highest BCUT2D eigenvalue weighted by Crippen LogP contribution is 2.30. The molecule has 0 aliphatic carbocycles. The molecule has 3 heteroatoms. The zero-order valence-electron chi connectivity index (χ0n) is 12.4. The van der Waals surface area contributed by atoms with E-state index < -0.39 is 0 Å². The van der Waals surface area contributed by atoms with Crippen molar-refractivity contribution in [2.75, 3.05) is 5.32 Å². The molecular weight excluding hydrogens is 280 g/mol. The monoisotopic (exact) mass is 296 g/mol. The summed E-state index contributed by atoms with van der Waals surface area (Å²) >= 11 is 6.18. The Balaban J connectivity index is 2.11. The largest absolute Gasteiger partial charge is 0.355 e. The van der Waals surface area contributed by atoms with Crippen LogP contribution in [0.4, 0.5) is 11.4 Å². The Morgan fingerprint density at radius 2 is 1.67 bits per heavy atom. The fourth-order valence-electron chi connectivity index (χ4n) is 2.65. The molecule has 0 radical (unpaired) electrons. The average molecular weight is 297 g/mol. The zero-order chi connectivity index (χ0) is 15.0. The second-order valence-corrected chi connectivity index (χ2v) is 5.84. The normalized spacial score (nSPS) is 10.9. The first-order valence-corrected chi connectivity index (χ1v) is 7.31. The minimum Gasteiger partial charge on any atom is -0.355 e. The lowest BCUT2D eigenvalue weighted by Crippen LogP contribution is -1.95. The summed E-state index contributed by atoms with van der Waals surface area (Å²) in [6.45, 7) is 6.21. The van der Waals surface area contributed by atoms with Gasteiger partial charge in [0.25, 0.3) is 0 Å². The molecule has 0 aliphatic rings. The Hall–Kier alpha value is -2.06. The highest BCUT2D eigenvalue weighted by Gasteiger charge is 2.07. The number of fused-ring (bicyclic) bond motifs is 1. The van der Waals surface area contributed by atoms with Crippen molar-refractivity contribution in [3.63, 3.8) is 0 Å². The van der Waals surface area contributed by atoms with Crippen molar-refractivity contribution < 1.29 is 0 Å². The zero-order valence-corrected chi connectivity index (χ0v) is 13.1. The van der Waals surface area contributed by atoms with Crippen molar-refractivity contribution in [2.24, 2.45) is 0 Å². The molecule has 0 atom stereocenters. The predicted octanol–water partition coefficient (Wildman–Crippen LogP) is 5.56. The van der Waals surface area contributed by atoms with Crippen LogP contribution in [-0.4, -0.2) is 4.98 Å². The van der Waals surface area contributed by atoms with E-state index in [9.17, 15) is 0 Å². The number of anilines is 2. The quantitative estimate of drug-likeness (QED) is 0.670. The molecule has 0 unspecified atom stereocenters. The molecule has 1 heterocycles. The molecule has 106 valence electrons. The van der Waals surface area contributed by atoms with Gasteiger partial charge in [0, 0.05) is 28.0 Å². The third-order valence-electron chi connectivity index (χ3n) is 3.60. The molecule has 2 aromatic carbocycles. The van der Waals surface area contributed by atoms with Crippen LogP contribution in [0, 0.1) is 20.8 Å². The van der Waals surface area contributed by atoms with Crippen LogP contribution in [-0.2, 0) is 0 Å². The first kappa shape index (κ1) is 13.9. The maximum atomic E-state index is 6.18. The molecule has 0 spiro atoms. The minimum absolute atomic E-state index is 0.749. The maximum Gasteiger partial charge on any atom is 0.0766 e. The number of nitrogens with zero attached hydrogens (tertiary/aromatic N) is 1. The second kappa shape index (κ2) is 5.38. The van der Waals surface area contributed by atoms with Crippen molar-refractivity contribution in [1.82, 2.24) is 4.98 Å². The van der Waals surface area contributed by atoms with Gasteiger partial charge in [0.15, 0.2) is 0 Å². The number of hydrogen-bond acceptors (Lipinski definition) is 2. The van der Waals surface area contributed by atoms with E-state index >= 15 is 0 Å². The molecule has 0 bridgehead atoms. The predicted molar refractivity (Wildman–Crippen MR) is 90.7 cm³/mol. The maximum absolute atomic E-state index is 6.18. The summed E-state index contributed by atoms with van der Waals surface area (Å²) in [7, 11) is 0. The lowest BCUT2D eigenvalue weighted by atomic mass is 10.1. The molecule has 0 saturated carbocycles. The SMILES string of the molecule is Cc1cc(C)cc(Nc2ccnc3c(C)c(Cl)ccc23)c1. The van der Waals surface area contributed by atoms with Gasteiger partial charge in [0.1, 0.15) is 0 Å². The number of nitrogens with one attached hydrogen (secondary N) is 1. The van der Waals surface area contributed by atoms with Crippen LogP contribution < -0.4 is 5.32 Å². The summed E-state index contributed by atoms with van der Waals surface area (Å²) in [5.41, 5.74) is 6.58. The van der Waals surface area contributed by atoms with Crippen molar-refractivity contribution in [2.45, 2.75) is 20.8 Å². The second-order valence-electron chi connectivity index (χ2n) is 5.43. The Labute approximate surface area is 129 Å². The highest BCUT2D eigenvalue weighted by molar-refractivity contribution is 6.32. The van der Waals surface area contributed by atoms with Gasteiger partial charge in [-0.05, 0) is 67.8 Å². The Morgan fingerprint density at radius 3 is 2.38 bits per heavy atom. The molecule has 1 aromatic heterocycles. The van der Waals surface area contributed by atoms with Crippen LogP contribution in [0.25, 0.3) is 10.9 Å². The van der Waals surface area contributed by atoms with E-state index in [2.05, 4.69) is 42.3 Å². The van der Waals surface area contributed by atoms with Gasteiger partial charge in [0.05, 0.1) is 5.52 Å². The van der Waals surface area contributed by atoms with E-state index in [0.717, 1.165) is 32.9 Å². The summed E-state index contributed by atoms with van der Waals surface area (Å²) < 4.78 is 0. The molecule has 2 nitrogen and oxygen atoms in total. The number of aromatic nitrogens is 1. The Bertz CT molecular complexity index is 805. The van der Waals surface area contributed by atoms with E-state index in [1.54, 1.807) is 0 Å². The molecule has 21 heavy (non-hydrogen) atoms. The van der Waals surface area contributed by atoms with Crippen LogP contribution in [0.15, 0.2) is 42.6 Å². The van der Waals surface area contributed by atoms with Gasteiger partial charge in [-0.2, -0.15) is 0 Å². The van der Waals surface area contributed by atoms with Gasteiger partial charge >= 0.3 is 0 Å². The Morgan fingerprint density at radius 1 is 0.952 bits per heavy atom. The average Bonchev–Trinajstić information content (AvgIpc) is 2.42. The first-order valence-electron chi connectivity index (χ1n) is 6.94. The van der Waals surface area contributed by atoms with Gasteiger partial charge < -0.3 is 5.32 Å². The smallest absolute Gasteiger partial charge is 0.0766 e. The summed E-state index contributed by atoms with van der Waals surface area (Å²) in [4.78, 5) is 4.45. The van der Waals surface area contributed by atoms with E-state index in [4.69, 9.17) is 11.6 Å². The van der Waals surface area contributed by atoms with E-state index in [-0.39, 0.29) is 0 Å². The summed E-state index contributed by atoms with van der Waals surface area (Å²) in [6, 6.07) is 12.4. The fourth-order valence-corrected chi connectivity index (χ4v) is 2.80. The molecule has 3 aromatic rings. The minimum atomic E-state index is 0.749. The molecule has 0 amide bonds. The van der Waals surface area contributed by atoms with Crippen LogP contribution in [0.5, 0.6) is 0 Å². The van der Waals surface area contributed by atoms with Crippen LogP contribution in [0.1, 0.15) is 16.7 Å². The summed E-state index contributed by atoms with van der Waals surface area (Å²) in [5, 5.41) is 5.32. The molecule has 0 saturated heterocycles. The van der Waals surface area contributed by atoms with Crippen molar-refractivity contribution >= 4 is 33.9 Å². The third-order valence-corrected chi connectivity index (χ3v) is 4.01. The van der Waals surface area contributed by atoms with Crippen LogP contribution in [0.2, 0.25) is 5.02 Å². The first-order chi connectivity index (χ1) is 10.0. The van der Waals surface area contributed by atoms with Gasteiger partial charge in [-0.25, -0.2) is 0 Å². The lowest BCUT2D eigenvalue weighted by Gasteiger charge is -2.12. The van der Waals surface area contributed by atoms with Crippen molar-refractivity contribution in [3.05, 3.63) is 64.3 Å². The molecule has 1 N–H and O–H groups in total. The lowest BCUT2D eigenvalue weighted by molar-refractivity contribution is 1.35. The standard InChI is InChI=1S/C18H17ClN2/c1-11-8-12(2)10-14(9-11)21-17-6-7-20-18-13(3)16(19)5-4-15(17)18/h4-10H,1-3H3,(H,20,21). The van der Waals surface area contributed by atoms with E-state index in [1.165, 1.54) is 11.1 Å². The van der Waals surface area contributed by atoms with Crippen LogP contribution >= 0.6 is 11.6 Å². The third kappa shape index (κ3) is 2.72. The number of rotatable bonds is 2. The van der Waals surface area contributed by atoms with Crippen molar-refractivity contribution in [1.29, 1.82) is 0 Å². The highest BCUT2D eigenvalue weighted by atomic mass is 35.5. The van der Waals surface area contributed by atoms with E-state index in [0.29, 0.717) is 0 Å². The van der Waals surface area contributed by atoms with Crippen LogP contribution in [0.3, 0.4) is 0 Å².